The Labute approximate surface area is 252 Å². The number of aliphatic hydroxyl groups is 1. The van der Waals surface area contributed by atoms with E-state index in [1.165, 1.54) is 0 Å². The first kappa shape index (κ1) is 28.7. The number of anilines is 1. The highest BCUT2D eigenvalue weighted by Crippen LogP contribution is 2.40. The van der Waals surface area contributed by atoms with E-state index < -0.39 is 16.3 Å². The Bertz CT molecular complexity index is 1790. The van der Waals surface area contributed by atoms with Gasteiger partial charge in [-0.1, -0.05) is 77.7 Å². The molecule has 3 atom stereocenters. The van der Waals surface area contributed by atoms with Crippen molar-refractivity contribution < 1.29 is 23.0 Å². The molecule has 1 aliphatic heterocycles. The van der Waals surface area contributed by atoms with Gasteiger partial charge in [0.05, 0.1) is 24.3 Å². The van der Waals surface area contributed by atoms with E-state index in [4.69, 9.17) is 9.47 Å². The average Bonchev–Trinajstić information content (AvgIpc) is 3.44. The molecule has 6 rings (SSSR count). The summed E-state index contributed by atoms with van der Waals surface area (Å²) in [6, 6.07) is 23.4. The standard InChI is InChI=1S/C30H28N4O5S3/c1-19-32-33-30(41-19)40-18-25-16-26(21-12-10-20(17-35)11-13-21)39-29(38-25)23-6-2-8-24(15-23)34-42(36,37)27-9-3-5-22-7-4-14-31-28(22)27/h2-15,25-26,29,34-35H,16-18H2,1H3/t25-,26+,29?/m0/s1. The van der Waals surface area contributed by atoms with Crippen molar-refractivity contribution in [3.63, 3.8) is 0 Å². The second-order valence-corrected chi connectivity index (χ2v) is 13.9. The zero-order chi connectivity index (χ0) is 29.1. The molecule has 0 saturated carbocycles. The predicted molar refractivity (Wildman–Crippen MR) is 163 cm³/mol. The number of pyridine rings is 1. The summed E-state index contributed by atoms with van der Waals surface area (Å²) >= 11 is 3.13. The molecule has 1 unspecified atom stereocenters. The molecule has 1 aliphatic rings. The summed E-state index contributed by atoms with van der Waals surface area (Å²) < 4.78 is 43.3. The lowest BCUT2D eigenvalue weighted by Crippen LogP contribution is -2.31. The topological polar surface area (TPSA) is 124 Å². The van der Waals surface area contributed by atoms with E-state index in [2.05, 4.69) is 19.9 Å². The molecule has 0 aliphatic carbocycles. The zero-order valence-electron chi connectivity index (χ0n) is 22.6. The molecule has 0 bridgehead atoms. The largest absolute Gasteiger partial charge is 0.392 e. The van der Waals surface area contributed by atoms with Crippen LogP contribution in [0.15, 0.2) is 94.3 Å². The highest BCUT2D eigenvalue weighted by atomic mass is 32.2. The third kappa shape index (κ3) is 6.48. The van der Waals surface area contributed by atoms with Crippen LogP contribution in [0.3, 0.4) is 0 Å². The normalized spacial score (nSPS) is 19.1. The maximum absolute atomic E-state index is 13.4. The first-order chi connectivity index (χ1) is 20.4. The summed E-state index contributed by atoms with van der Waals surface area (Å²) in [6.45, 7) is 1.89. The number of hydrogen-bond donors (Lipinski definition) is 2. The highest BCUT2D eigenvalue weighted by Gasteiger charge is 2.33. The minimum atomic E-state index is -3.93. The van der Waals surface area contributed by atoms with E-state index in [-0.39, 0.29) is 23.7 Å². The average molecular weight is 621 g/mol. The quantitative estimate of drug-likeness (QED) is 0.190. The van der Waals surface area contributed by atoms with Crippen LogP contribution in [0.5, 0.6) is 0 Å². The molecule has 1 fully saturated rings. The maximum atomic E-state index is 13.4. The second kappa shape index (κ2) is 12.5. The summed E-state index contributed by atoms with van der Waals surface area (Å²) in [7, 11) is -3.93. The van der Waals surface area contributed by atoms with Crippen molar-refractivity contribution >= 4 is 49.7 Å². The van der Waals surface area contributed by atoms with Crippen molar-refractivity contribution in [2.75, 3.05) is 10.5 Å². The molecule has 42 heavy (non-hydrogen) atoms. The first-order valence-electron chi connectivity index (χ1n) is 13.3. The lowest BCUT2D eigenvalue weighted by molar-refractivity contribution is -0.245. The maximum Gasteiger partial charge on any atom is 0.264 e. The van der Waals surface area contributed by atoms with E-state index in [9.17, 15) is 13.5 Å². The number of aromatic nitrogens is 3. The highest BCUT2D eigenvalue weighted by molar-refractivity contribution is 8.01. The van der Waals surface area contributed by atoms with Crippen LogP contribution in [0.1, 0.15) is 40.5 Å². The van der Waals surface area contributed by atoms with Crippen molar-refractivity contribution in [1.82, 2.24) is 15.2 Å². The molecule has 3 aromatic carbocycles. The summed E-state index contributed by atoms with van der Waals surface area (Å²) in [5.74, 6) is 0.653. The molecule has 1 saturated heterocycles. The van der Waals surface area contributed by atoms with Crippen molar-refractivity contribution in [2.45, 2.75) is 47.7 Å². The number of aryl methyl sites for hydroxylation is 1. The number of thioether (sulfide) groups is 1. The van der Waals surface area contributed by atoms with Crippen molar-refractivity contribution in [2.24, 2.45) is 0 Å². The fraction of sp³-hybridized carbons (Fsp3) is 0.233. The molecular weight excluding hydrogens is 593 g/mol. The Balaban J connectivity index is 1.25. The van der Waals surface area contributed by atoms with Crippen molar-refractivity contribution in [1.29, 1.82) is 0 Å². The summed E-state index contributed by atoms with van der Waals surface area (Å²) in [6.07, 6.45) is 1.05. The van der Waals surface area contributed by atoms with E-state index in [1.807, 2.05) is 49.4 Å². The van der Waals surface area contributed by atoms with Gasteiger partial charge in [-0.2, -0.15) is 0 Å². The monoisotopic (exact) mass is 620 g/mol. The van der Waals surface area contributed by atoms with Gasteiger partial charge < -0.3 is 14.6 Å². The lowest BCUT2D eigenvalue weighted by atomic mass is 10.0. The SMILES string of the molecule is Cc1nnc(SC[C@@H]2C[C@H](c3ccc(CO)cc3)OC(c3cccc(NS(=O)(=O)c4cccc5cccnc45)c3)O2)s1. The minimum Gasteiger partial charge on any atom is -0.392 e. The predicted octanol–water partition coefficient (Wildman–Crippen LogP) is 6.03. The zero-order valence-corrected chi connectivity index (χ0v) is 25.0. The van der Waals surface area contributed by atoms with Gasteiger partial charge in [-0.25, -0.2) is 8.42 Å². The van der Waals surface area contributed by atoms with E-state index in [1.54, 1.807) is 65.7 Å². The van der Waals surface area contributed by atoms with Gasteiger partial charge in [-0.15, -0.1) is 10.2 Å². The summed E-state index contributed by atoms with van der Waals surface area (Å²) in [5, 5.41) is 19.4. The number of sulfonamides is 1. The fourth-order valence-corrected chi connectivity index (χ4v) is 7.87. The fourth-order valence-electron chi connectivity index (χ4n) is 4.78. The molecule has 3 heterocycles. The molecule has 2 N–H and O–H groups in total. The van der Waals surface area contributed by atoms with Gasteiger partial charge in [0.25, 0.3) is 10.0 Å². The molecule has 12 heteroatoms. The Morgan fingerprint density at radius 3 is 2.60 bits per heavy atom. The van der Waals surface area contributed by atoms with Crippen LogP contribution in [-0.4, -0.2) is 40.6 Å². The third-order valence-corrected chi connectivity index (χ3v) is 10.3. The molecule has 5 aromatic rings. The van der Waals surface area contributed by atoms with Gasteiger partial charge in [0.2, 0.25) is 0 Å². The minimum absolute atomic E-state index is 0.0321. The van der Waals surface area contributed by atoms with Crippen LogP contribution in [0, 0.1) is 6.92 Å². The Morgan fingerprint density at radius 1 is 1.00 bits per heavy atom. The van der Waals surface area contributed by atoms with Crippen LogP contribution >= 0.6 is 23.1 Å². The number of nitrogens with one attached hydrogen (secondary N) is 1. The molecule has 0 amide bonds. The number of aliphatic hydroxyl groups excluding tert-OH is 1. The molecule has 2 aromatic heterocycles. The van der Waals surface area contributed by atoms with Gasteiger partial charge in [0.1, 0.15) is 9.90 Å². The molecule has 216 valence electrons. The van der Waals surface area contributed by atoms with Gasteiger partial charge in [0, 0.05) is 35.0 Å². The summed E-state index contributed by atoms with van der Waals surface area (Å²) in [4.78, 5) is 4.40. The van der Waals surface area contributed by atoms with E-state index in [0.717, 1.165) is 25.9 Å². The molecular formula is C30H28N4O5S3. The van der Waals surface area contributed by atoms with Crippen LogP contribution in [0.2, 0.25) is 0 Å². The Kier molecular flexibility index (Phi) is 8.52. The van der Waals surface area contributed by atoms with Crippen molar-refractivity contribution in [3.05, 3.63) is 107 Å². The number of para-hydroxylation sites is 1. The van der Waals surface area contributed by atoms with Crippen LogP contribution in [-0.2, 0) is 26.1 Å². The molecule has 0 spiro atoms. The molecule has 0 radical (unpaired) electrons. The number of ether oxygens (including phenoxy) is 2. The van der Waals surface area contributed by atoms with Gasteiger partial charge >= 0.3 is 0 Å². The van der Waals surface area contributed by atoms with Gasteiger partial charge in [-0.05, 0) is 42.3 Å². The number of nitrogens with zero attached hydrogens (tertiary/aromatic N) is 3. The lowest BCUT2D eigenvalue weighted by Gasteiger charge is -2.36. The summed E-state index contributed by atoms with van der Waals surface area (Å²) in [5.41, 5.74) is 3.27. The van der Waals surface area contributed by atoms with Gasteiger partial charge in [-0.3, -0.25) is 9.71 Å². The van der Waals surface area contributed by atoms with E-state index >= 15 is 0 Å². The van der Waals surface area contributed by atoms with E-state index in [0.29, 0.717) is 28.9 Å². The van der Waals surface area contributed by atoms with Crippen LogP contribution < -0.4 is 4.72 Å². The first-order valence-corrected chi connectivity index (χ1v) is 16.6. The number of hydrogen-bond acceptors (Lipinski definition) is 10. The van der Waals surface area contributed by atoms with Gasteiger partial charge in [0.15, 0.2) is 10.6 Å². The Morgan fingerprint density at radius 2 is 1.81 bits per heavy atom. The second-order valence-electron chi connectivity index (χ2n) is 9.81. The Hall–Kier alpha value is -3.39. The van der Waals surface area contributed by atoms with Crippen LogP contribution in [0.25, 0.3) is 10.9 Å². The molecule has 9 nitrogen and oxygen atoms in total. The smallest absolute Gasteiger partial charge is 0.264 e. The van der Waals surface area contributed by atoms with Crippen molar-refractivity contribution in [3.8, 4) is 0 Å². The number of rotatable bonds is 9. The van der Waals surface area contributed by atoms with Crippen LogP contribution in [0.4, 0.5) is 5.69 Å². The number of fused-ring (bicyclic) bond motifs is 1. The third-order valence-electron chi connectivity index (χ3n) is 6.81. The number of benzene rings is 3.